The molecule has 24 heavy (non-hydrogen) atoms. The van der Waals surface area contributed by atoms with Gasteiger partial charge in [-0.1, -0.05) is 6.42 Å². The van der Waals surface area contributed by atoms with E-state index in [1.807, 2.05) is 0 Å². The zero-order valence-electron chi connectivity index (χ0n) is 13.1. The van der Waals surface area contributed by atoms with Crippen LogP contribution in [-0.4, -0.2) is 75.2 Å². The molecule has 4 N–H and O–H groups in total. The fourth-order valence-electron chi connectivity index (χ4n) is 2.98. The Morgan fingerprint density at radius 2 is 1.79 bits per heavy atom. The molecule has 10 heteroatoms. The highest BCUT2D eigenvalue weighted by molar-refractivity contribution is 8.00. The molecule has 0 aromatic carbocycles. The first kappa shape index (κ1) is 18.4. The highest BCUT2D eigenvalue weighted by Gasteiger charge is 2.42. The topological polar surface area (TPSA) is 136 Å². The van der Waals surface area contributed by atoms with Gasteiger partial charge in [-0.15, -0.1) is 0 Å². The number of fused-ring (bicyclic) bond motifs is 1. The minimum absolute atomic E-state index is 0.119. The highest BCUT2D eigenvalue weighted by atomic mass is 32.2. The molecule has 0 bridgehead atoms. The highest BCUT2D eigenvalue weighted by Crippen LogP contribution is 2.33. The molecule has 0 aromatic heterocycles. The Hall–Kier alpha value is -1.97. The smallest absolute Gasteiger partial charge is 0.323 e. The maximum atomic E-state index is 12.0. The molecule has 2 aliphatic heterocycles. The maximum Gasteiger partial charge on any atom is 0.323 e. The average Bonchev–Trinajstić information content (AvgIpc) is 3.01. The summed E-state index contributed by atoms with van der Waals surface area (Å²) in [5, 5.41) is 23.5. The molecule has 2 heterocycles. The van der Waals surface area contributed by atoms with Crippen LogP contribution in [0, 0.1) is 0 Å². The molecule has 2 rings (SSSR count). The molecule has 0 spiro atoms. The van der Waals surface area contributed by atoms with E-state index in [1.165, 1.54) is 0 Å². The first-order valence-electron chi connectivity index (χ1n) is 7.77. The maximum absolute atomic E-state index is 12.0. The van der Waals surface area contributed by atoms with Crippen molar-refractivity contribution in [3.05, 3.63) is 0 Å². The van der Waals surface area contributed by atoms with Crippen molar-refractivity contribution in [2.75, 3.05) is 18.8 Å². The fourth-order valence-corrected chi connectivity index (χ4v) is 4.53. The second-order valence-corrected chi connectivity index (χ2v) is 7.18. The van der Waals surface area contributed by atoms with E-state index >= 15 is 0 Å². The number of amides is 3. The number of carbonyl (C=O) groups is 4. The average molecular weight is 359 g/mol. The lowest BCUT2D eigenvalue weighted by molar-refractivity contribution is -0.149. The van der Waals surface area contributed by atoms with Crippen LogP contribution in [0.3, 0.4) is 0 Å². The summed E-state index contributed by atoms with van der Waals surface area (Å²) < 4.78 is 0. The van der Waals surface area contributed by atoms with Gasteiger partial charge in [-0.3, -0.25) is 14.4 Å². The fraction of sp³-hybridized carbons (Fsp3) is 0.714. The van der Waals surface area contributed by atoms with Crippen molar-refractivity contribution in [2.24, 2.45) is 0 Å². The number of aliphatic carboxylic acids is 2. The Balaban J connectivity index is 1.70. The Kier molecular flexibility index (Phi) is 6.29. The molecule has 0 radical (unpaired) electrons. The van der Waals surface area contributed by atoms with Crippen molar-refractivity contribution in [2.45, 2.75) is 43.0 Å². The molecule has 3 amide bonds. The van der Waals surface area contributed by atoms with Crippen molar-refractivity contribution in [1.82, 2.24) is 15.5 Å². The molecule has 2 saturated heterocycles. The standard InChI is InChI=1S/C14H21N3O6S/c18-10(17(5-11(19)20)6-12(21)22)4-2-1-3-9-13-8(7-24-9)15-14(23)16-13/h8-9,13H,1-7H2,(H,19,20)(H,21,22)(H2,15,16,23). The van der Waals surface area contributed by atoms with Crippen LogP contribution in [0.5, 0.6) is 0 Å². The van der Waals surface area contributed by atoms with Gasteiger partial charge in [0.1, 0.15) is 13.1 Å². The normalized spacial score (nSPS) is 24.8. The SMILES string of the molecule is O=C(O)CN(CC(=O)O)C(=O)CCCCC1SCC2NC(=O)NC21. The van der Waals surface area contributed by atoms with Crippen LogP contribution in [-0.2, 0) is 14.4 Å². The molecule has 0 aromatic rings. The Labute approximate surface area is 143 Å². The van der Waals surface area contributed by atoms with E-state index in [0.29, 0.717) is 11.7 Å². The van der Waals surface area contributed by atoms with E-state index in [9.17, 15) is 19.2 Å². The molecular weight excluding hydrogens is 338 g/mol. The number of rotatable bonds is 9. The number of carboxylic acids is 2. The molecule has 3 atom stereocenters. The number of carbonyl (C=O) groups excluding carboxylic acids is 2. The van der Waals surface area contributed by atoms with Gasteiger partial charge in [0.15, 0.2) is 0 Å². The number of urea groups is 1. The zero-order chi connectivity index (χ0) is 17.7. The minimum Gasteiger partial charge on any atom is -0.480 e. The van der Waals surface area contributed by atoms with E-state index in [4.69, 9.17) is 10.2 Å². The molecular formula is C14H21N3O6S. The molecule has 0 aliphatic carbocycles. The van der Waals surface area contributed by atoms with Gasteiger partial charge in [0, 0.05) is 17.4 Å². The zero-order valence-corrected chi connectivity index (χ0v) is 13.9. The van der Waals surface area contributed by atoms with Gasteiger partial charge in [0.05, 0.1) is 12.1 Å². The summed E-state index contributed by atoms with van der Waals surface area (Å²) in [7, 11) is 0. The number of unbranched alkanes of at least 4 members (excludes halogenated alkanes) is 1. The van der Waals surface area contributed by atoms with Gasteiger partial charge < -0.3 is 25.7 Å². The van der Waals surface area contributed by atoms with Gasteiger partial charge in [0.2, 0.25) is 5.91 Å². The van der Waals surface area contributed by atoms with E-state index < -0.39 is 30.9 Å². The van der Waals surface area contributed by atoms with Crippen LogP contribution < -0.4 is 10.6 Å². The van der Waals surface area contributed by atoms with Gasteiger partial charge in [-0.25, -0.2) is 4.79 Å². The number of hydrogen-bond acceptors (Lipinski definition) is 5. The predicted molar refractivity (Wildman–Crippen MR) is 85.8 cm³/mol. The lowest BCUT2D eigenvalue weighted by Crippen LogP contribution is -2.39. The first-order chi connectivity index (χ1) is 11.4. The largest absolute Gasteiger partial charge is 0.480 e. The summed E-state index contributed by atoms with van der Waals surface area (Å²) in [4.78, 5) is 45.5. The van der Waals surface area contributed by atoms with Crippen molar-refractivity contribution < 1.29 is 29.4 Å². The molecule has 3 unspecified atom stereocenters. The lowest BCUT2D eigenvalue weighted by Gasteiger charge is -2.19. The second kappa shape index (κ2) is 8.22. The first-order valence-corrected chi connectivity index (χ1v) is 8.81. The third kappa shape index (κ3) is 5.02. The van der Waals surface area contributed by atoms with Crippen LogP contribution in [0.25, 0.3) is 0 Å². The van der Waals surface area contributed by atoms with E-state index in [1.54, 1.807) is 11.8 Å². The Bertz CT molecular complexity index is 513. The van der Waals surface area contributed by atoms with Gasteiger partial charge >= 0.3 is 18.0 Å². The van der Waals surface area contributed by atoms with E-state index in [-0.39, 0.29) is 24.5 Å². The summed E-state index contributed by atoms with van der Waals surface area (Å²) in [6.07, 6.45) is 2.29. The van der Waals surface area contributed by atoms with Crippen LogP contribution >= 0.6 is 11.8 Å². The molecule has 0 saturated carbocycles. The molecule has 9 nitrogen and oxygen atoms in total. The molecule has 2 aliphatic rings. The minimum atomic E-state index is -1.23. The summed E-state index contributed by atoms with van der Waals surface area (Å²) in [6.45, 7) is -1.21. The Morgan fingerprint density at radius 1 is 1.12 bits per heavy atom. The molecule has 2 fully saturated rings. The van der Waals surface area contributed by atoms with E-state index in [2.05, 4.69) is 10.6 Å². The van der Waals surface area contributed by atoms with Crippen molar-refractivity contribution in [1.29, 1.82) is 0 Å². The summed E-state index contributed by atoms with van der Waals surface area (Å²) in [5.74, 6) is -2.06. The van der Waals surface area contributed by atoms with Gasteiger partial charge in [0.25, 0.3) is 0 Å². The predicted octanol–water partition coefficient (Wildman–Crippen LogP) is -0.290. The van der Waals surface area contributed by atoms with Crippen LogP contribution in [0.1, 0.15) is 25.7 Å². The number of hydrogen-bond donors (Lipinski definition) is 4. The van der Waals surface area contributed by atoms with E-state index in [0.717, 1.165) is 23.5 Å². The number of nitrogens with zero attached hydrogens (tertiary/aromatic N) is 1. The van der Waals surface area contributed by atoms with Gasteiger partial charge in [-0.05, 0) is 12.8 Å². The van der Waals surface area contributed by atoms with Crippen molar-refractivity contribution in [3.63, 3.8) is 0 Å². The third-order valence-corrected chi connectivity index (χ3v) is 5.58. The second-order valence-electron chi connectivity index (χ2n) is 5.90. The summed E-state index contributed by atoms with van der Waals surface area (Å²) in [5.41, 5.74) is 0. The quantitative estimate of drug-likeness (QED) is 0.328. The monoisotopic (exact) mass is 359 g/mol. The molecule has 134 valence electrons. The van der Waals surface area contributed by atoms with Crippen molar-refractivity contribution in [3.8, 4) is 0 Å². The summed E-state index contributed by atoms with van der Waals surface area (Å²) in [6, 6.07) is 0.146. The van der Waals surface area contributed by atoms with Gasteiger partial charge in [-0.2, -0.15) is 11.8 Å². The third-order valence-electron chi connectivity index (χ3n) is 4.07. The van der Waals surface area contributed by atoms with Crippen LogP contribution in [0.4, 0.5) is 4.79 Å². The Morgan fingerprint density at radius 3 is 2.42 bits per heavy atom. The van der Waals surface area contributed by atoms with Crippen LogP contribution in [0.2, 0.25) is 0 Å². The summed E-state index contributed by atoms with van der Waals surface area (Å²) >= 11 is 1.79. The van der Waals surface area contributed by atoms with Crippen molar-refractivity contribution >= 4 is 35.6 Å². The lowest BCUT2D eigenvalue weighted by atomic mass is 10.0. The van der Waals surface area contributed by atoms with Crippen LogP contribution in [0.15, 0.2) is 0 Å². The number of carboxylic acid groups (broad SMARTS) is 2. The number of thioether (sulfide) groups is 1. The number of nitrogens with one attached hydrogen (secondary N) is 2.